The topological polar surface area (TPSA) is 83.5 Å². The van der Waals surface area contributed by atoms with Gasteiger partial charge in [-0.1, -0.05) is 0 Å². The van der Waals surface area contributed by atoms with E-state index in [0.29, 0.717) is 0 Å². The van der Waals surface area contributed by atoms with Crippen molar-refractivity contribution in [2.75, 3.05) is 0 Å². The Balaban J connectivity index is 0. The number of aliphatic hydroxyl groups is 1. The molecule has 4 nitrogen and oxygen atoms in total. The predicted octanol–water partition coefficient (Wildman–Crippen LogP) is -1.16. The van der Waals surface area contributed by atoms with Gasteiger partial charge in [0.2, 0.25) is 0 Å². The van der Waals surface area contributed by atoms with Gasteiger partial charge in [0.25, 0.3) is 0 Å². The Morgan fingerprint density at radius 1 is 1.67 bits per heavy atom. The van der Waals surface area contributed by atoms with Gasteiger partial charge in [-0.3, -0.25) is 4.79 Å². The van der Waals surface area contributed by atoms with Crippen molar-refractivity contribution in [3.63, 3.8) is 0 Å². The summed E-state index contributed by atoms with van der Waals surface area (Å²) in [6.45, 7) is 1.33. The van der Waals surface area contributed by atoms with Crippen LogP contribution in [0.5, 0.6) is 0 Å². The Hall–Kier alpha value is -0.180. The lowest BCUT2D eigenvalue weighted by atomic mass is 10.2. The molecule has 0 fully saturated rings. The second-order valence-corrected chi connectivity index (χ2v) is 1.60. The Kier molecular flexibility index (Phi) is 6.02. The highest BCUT2D eigenvalue weighted by Crippen LogP contribution is 1.85. The van der Waals surface area contributed by atoms with Gasteiger partial charge in [0.05, 0.1) is 6.10 Å². The van der Waals surface area contributed by atoms with Crippen LogP contribution in [0.4, 0.5) is 0 Å². The Labute approximate surface area is 56.7 Å². The van der Waals surface area contributed by atoms with Gasteiger partial charge in [-0.25, -0.2) is 0 Å². The molecule has 0 saturated carbocycles. The van der Waals surface area contributed by atoms with Crippen molar-refractivity contribution >= 4 is 15.9 Å². The van der Waals surface area contributed by atoms with Crippen LogP contribution in [0.3, 0.4) is 0 Å². The third kappa shape index (κ3) is 4.33. The zero-order chi connectivity index (χ0) is 6.73. The summed E-state index contributed by atoms with van der Waals surface area (Å²) >= 11 is 0. The van der Waals surface area contributed by atoms with Crippen molar-refractivity contribution in [3.05, 3.63) is 0 Å². The first-order chi connectivity index (χ1) is 3.55. The minimum absolute atomic E-state index is 0. The molecule has 5 heteroatoms. The molecule has 0 saturated heterocycles. The average molecular weight is 153 g/mol. The first-order valence-electron chi connectivity index (χ1n) is 2.22. The van der Waals surface area contributed by atoms with E-state index in [4.69, 9.17) is 15.9 Å². The van der Waals surface area contributed by atoms with E-state index in [0.717, 1.165) is 0 Å². The lowest BCUT2D eigenvalue weighted by Crippen LogP contribution is -2.39. The quantitative estimate of drug-likeness (QED) is 0.437. The molecule has 0 aliphatic rings. The summed E-state index contributed by atoms with van der Waals surface area (Å²) in [4.78, 5) is 9.86. The molecule has 0 aliphatic carbocycles. The van der Waals surface area contributed by atoms with Crippen molar-refractivity contribution in [2.24, 2.45) is 5.73 Å². The number of carbonyl (C=O) groups is 1. The maximum atomic E-state index is 9.86. The molecule has 0 aromatic carbocycles. The number of hydrogen-bond donors (Lipinski definition) is 3. The van der Waals surface area contributed by atoms with Crippen LogP contribution in [0.15, 0.2) is 0 Å². The zero-order valence-electron chi connectivity index (χ0n) is 5.24. The van der Waals surface area contributed by atoms with E-state index >= 15 is 0 Å². The third-order valence-electron chi connectivity index (χ3n) is 0.805. The molecular formula is C4H12NO3P. The summed E-state index contributed by atoms with van der Waals surface area (Å²) < 4.78 is 0. The maximum absolute atomic E-state index is 9.86. The summed E-state index contributed by atoms with van der Waals surface area (Å²) in [6.07, 6.45) is -0.979. The van der Waals surface area contributed by atoms with Crippen LogP contribution in [0.1, 0.15) is 6.92 Å². The first kappa shape index (κ1) is 11.6. The predicted molar refractivity (Wildman–Crippen MR) is 38.4 cm³/mol. The SMILES string of the molecule is C[C@@H](O)[C@H](N)C(=O)O.P. The highest BCUT2D eigenvalue weighted by atomic mass is 31.0. The Morgan fingerprint density at radius 2 is 2.00 bits per heavy atom. The van der Waals surface area contributed by atoms with Crippen LogP contribution >= 0.6 is 9.90 Å². The molecule has 1 unspecified atom stereocenters. The van der Waals surface area contributed by atoms with E-state index in [9.17, 15) is 4.79 Å². The molecule has 0 aromatic heterocycles. The first-order valence-corrected chi connectivity index (χ1v) is 2.22. The van der Waals surface area contributed by atoms with Gasteiger partial charge in [-0.2, -0.15) is 9.90 Å². The zero-order valence-corrected chi connectivity index (χ0v) is 6.66. The fraction of sp³-hybridized carbons (Fsp3) is 0.750. The van der Waals surface area contributed by atoms with Gasteiger partial charge in [-0.15, -0.1) is 0 Å². The summed E-state index contributed by atoms with van der Waals surface area (Å²) in [5, 5.41) is 16.6. The molecule has 0 bridgehead atoms. The van der Waals surface area contributed by atoms with E-state index in [1.165, 1.54) is 6.92 Å². The normalized spacial score (nSPS) is 15.4. The molecule has 0 aromatic rings. The van der Waals surface area contributed by atoms with Crippen molar-refractivity contribution in [1.29, 1.82) is 0 Å². The van der Waals surface area contributed by atoms with E-state index in [2.05, 4.69) is 0 Å². The minimum atomic E-state index is -1.18. The van der Waals surface area contributed by atoms with Crippen molar-refractivity contribution in [2.45, 2.75) is 19.1 Å². The lowest BCUT2D eigenvalue weighted by molar-refractivity contribution is -0.140. The Bertz CT molecular complexity index is 95.8. The highest BCUT2D eigenvalue weighted by Gasteiger charge is 2.16. The molecule has 0 heterocycles. The van der Waals surface area contributed by atoms with Crippen molar-refractivity contribution < 1.29 is 15.0 Å². The molecule has 0 rings (SSSR count). The van der Waals surface area contributed by atoms with Gasteiger partial charge in [0.1, 0.15) is 6.04 Å². The summed E-state index contributed by atoms with van der Waals surface area (Å²) in [5.74, 6) is -1.18. The smallest absolute Gasteiger partial charge is 0.323 e. The fourth-order valence-electron chi connectivity index (χ4n) is 0.206. The highest BCUT2D eigenvalue weighted by molar-refractivity contribution is 6.92. The van der Waals surface area contributed by atoms with Gasteiger partial charge >= 0.3 is 5.97 Å². The number of hydrogen-bond acceptors (Lipinski definition) is 3. The van der Waals surface area contributed by atoms with Crippen LogP contribution in [0.25, 0.3) is 0 Å². The van der Waals surface area contributed by atoms with E-state index in [-0.39, 0.29) is 9.90 Å². The molecule has 0 spiro atoms. The van der Waals surface area contributed by atoms with Gasteiger partial charge in [0, 0.05) is 0 Å². The minimum Gasteiger partial charge on any atom is -0.480 e. The summed E-state index contributed by atoms with van der Waals surface area (Å²) in [5.41, 5.74) is 4.91. The third-order valence-corrected chi connectivity index (χ3v) is 0.805. The maximum Gasteiger partial charge on any atom is 0.323 e. The second kappa shape index (κ2) is 4.68. The van der Waals surface area contributed by atoms with Gasteiger partial charge in [0.15, 0.2) is 0 Å². The number of carboxylic acids is 1. The van der Waals surface area contributed by atoms with E-state index in [1.807, 2.05) is 0 Å². The number of nitrogens with two attached hydrogens (primary N) is 1. The van der Waals surface area contributed by atoms with Gasteiger partial charge < -0.3 is 15.9 Å². The lowest BCUT2D eigenvalue weighted by Gasteiger charge is -2.06. The van der Waals surface area contributed by atoms with Crippen LogP contribution in [0.2, 0.25) is 0 Å². The van der Waals surface area contributed by atoms with Crippen molar-refractivity contribution in [1.82, 2.24) is 0 Å². The largest absolute Gasteiger partial charge is 0.480 e. The summed E-state index contributed by atoms with van der Waals surface area (Å²) in [7, 11) is 0. The standard InChI is InChI=1S/C4H9NO3.H3P/c1-2(6)3(5)4(7)8;/h2-3,6H,5H2,1H3,(H,7,8);1H3/t2-,3+;/m1./s1. The monoisotopic (exact) mass is 153 g/mol. The molecule has 0 radical (unpaired) electrons. The molecule has 9 heavy (non-hydrogen) atoms. The average Bonchev–Trinajstić information content (AvgIpc) is 1.64. The number of carboxylic acid groups (broad SMARTS) is 1. The fourth-order valence-corrected chi connectivity index (χ4v) is 0.206. The molecule has 4 N–H and O–H groups in total. The molecular weight excluding hydrogens is 141 g/mol. The second-order valence-electron chi connectivity index (χ2n) is 1.60. The number of aliphatic hydroxyl groups excluding tert-OH is 1. The van der Waals surface area contributed by atoms with Crippen LogP contribution in [0, 0.1) is 0 Å². The molecule has 0 aliphatic heterocycles. The van der Waals surface area contributed by atoms with Gasteiger partial charge in [-0.05, 0) is 6.92 Å². The molecule has 56 valence electrons. The van der Waals surface area contributed by atoms with Crippen LogP contribution in [-0.4, -0.2) is 28.3 Å². The number of rotatable bonds is 2. The van der Waals surface area contributed by atoms with E-state index < -0.39 is 18.1 Å². The number of aliphatic carboxylic acids is 1. The molecule has 0 amide bonds. The van der Waals surface area contributed by atoms with E-state index in [1.54, 1.807) is 0 Å². The van der Waals surface area contributed by atoms with Crippen LogP contribution < -0.4 is 5.73 Å². The van der Waals surface area contributed by atoms with Crippen molar-refractivity contribution in [3.8, 4) is 0 Å². The summed E-state index contributed by atoms with van der Waals surface area (Å²) in [6, 6.07) is -1.16. The Morgan fingerprint density at radius 3 is 2.00 bits per heavy atom. The van der Waals surface area contributed by atoms with Crippen LogP contribution in [-0.2, 0) is 4.79 Å². The molecule has 3 atom stereocenters.